The van der Waals surface area contributed by atoms with Gasteiger partial charge in [0.25, 0.3) is 5.91 Å². The van der Waals surface area contributed by atoms with Gasteiger partial charge in [-0.1, -0.05) is 29.8 Å². The summed E-state index contributed by atoms with van der Waals surface area (Å²) in [5.74, 6) is 0.0581. The van der Waals surface area contributed by atoms with Gasteiger partial charge in [0.05, 0.1) is 6.54 Å². The summed E-state index contributed by atoms with van der Waals surface area (Å²) in [7, 11) is 1.79. The smallest absolute Gasteiger partial charge is 0.253 e. The topological polar surface area (TPSA) is 43.9 Å². The first kappa shape index (κ1) is 18.4. The van der Waals surface area contributed by atoms with E-state index in [1.54, 1.807) is 36.2 Å². The number of nitrogens with zero attached hydrogens (tertiary/aromatic N) is 3. The Labute approximate surface area is 158 Å². The fraction of sp³-hybridized carbons (Fsp3) is 0.300. The van der Waals surface area contributed by atoms with Crippen LogP contribution in [0.1, 0.15) is 10.4 Å². The molecule has 0 aliphatic carbocycles. The molecule has 0 saturated carbocycles. The van der Waals surface area contributed by atoms with Crippen LogP contribution >= 0.6 is 11.6 Å². The van der Waals surface area contributed by atoms with Gasteiger partial charge in [0, 0.05) is 49.5 Å². The van der Waals surface area contributed by atoms with Crippen molar-refractivity contribution in [3.8, 4) is 0 Å². The van der Waals surface area contributed by atoms with E-state index in [4.69, 9.17) is 11.6 Å². The highest BCUT2D eigenvalue weighted by atomic mass is 35.5. The van der Waals surface area contributed by atoms with Crippen LogP contribution in [0.4, 0.5) is 5.69 Å². The predicted octanol–water partition coefficient (Wildman–Crippen LogP) is 2.76. The lowest BCUT2D eigenvalue weighted by Crippen LogP contribution is -2.51. The average Bonchev–Trinajstić information content (AvgIpc) is 2.68. The molecule has 0 bridgehead atoms. The van der Waals surface area contributed by atoms with Gasteiger partial charge in [0.15, 0.2) is 0 Å². The number of carbonyl (C=O) groups excluding carboxylic acids is 2. The summed E-state index contributed by atoms with van der Waals surface area (Å²) in [5, 5.41) is 0.618. The molecule has 6 heteroatoms. The van der Waals surface area contributed by atoms with Crippen LogP contribution in [0.3, 0.4) is 0 Å². The molecular weight excluding hydrogens is 350 g/mol. The zero-order valence-electron chi connectivity index (χ0n) is 14.8. The third-order valence-corrected chi connectivity index (χ3v) is 4.88. The number of likely N-dealkylation sites (N-methyl/N-ethyl adjacent to an activating group) is 1. The Morgan fingerprint density at radius 2 is 1.58 bits per heavy atom. The molecule has 1 aliphatic heterocycles. The Hall–Kier alpha value is -2.37. The molecule has 2 aromatic carbocycles. The molecule has 2 aromatic rings. The Kier molecular flexibility index (Phi) is 5.91. The van der Waals surface area contributed by atoms with E-state index < -0.39 is 0 Å². The van der Waals surface area contributed by atoms with Gasteiger partial charge in [-0.15, -0.1) is 0 Å². The lowest BCUT2D eigenvalue weighted by molar-refractivity contribution is -0.119. The monoisotopic (exact) mass is 371 g/mol. The molecule has 1 fully saturated rings. The van der Waals surface area contributed by atoms with Crippen LogP contribution in [-0.4, -0.2) is 61.4 Å². The van der Waals surface area contributed by atoms with Gasteiger partial charge in [-0.2, -0.15) is 0 Å². The van der Waals surface area contributed by atoms with Crippen molar-refractivity contribution in [1.82, 2.24) is 9.80 Å². The Morgan fingerprint density at radius 3 is 2.19 bits per heavy atom. The zero-order chi connectivity index (χ0) is 18.5. The molecule has 26 heavy (non-hydrogen) atoms. The first-order valence-corrected chi connectivity index (χ1v) is 9.01. The minimum absolute atomic E-state index is 0.00838. The lowest BCUT2D eigenvalue weighted by Gasteiger charge is -2.35. The number of hydrogen-bond donors (Lipinski definition) is 0. The van der Waals surface area contributed by atoms with Crippen LogP contribution < -0.4 is 4.90 Å². The van der Waals surface area contributed by atoms with Crippen molar-refractivity contribution in [2.24, 2.45) is 0 Å². The number of hydrogen-bond acceptors (Lipinski definition) is 3. The lowest BCUT2D eigenvalue weighted by atomic mass is 10.2. The number of rotatable bonds is 4. The van der Waals surface area contributed by atoms with E-state index >= 15 is 0 Å². The maximum absolute atomic E-state index is 12.5. The van der Waals surface area contributed by atoms with Crippen molar-refractivity contribution in [3.63, 3.8) is 0 Å². The molecule has 0 aromatic heterocycles. The highest BCUT2D eigenvalue weighted by Crippen LogP contribution is 2.14. The zero-order valence-corrected chi connectivity index (χ0v) is 15.5. The van der Waals surface area contributed by atoms with E-state index in [0.29, 0.717) is 43.3 Å². The second-order valence-electron chi connectivity index (χ2n) is 6.36. The van der Waals surface area contributed by atoms with Gasteiger partial charge in [0.2, 0.25) is 5.91 Å². The minimum atomic E-state index is 0.00838. The highest BCUT2D eigenvalue weighted by Gasteiger charge is 2.24. The van der Waals surface area contributed by atoms with Crippen molar-refractivity contribution < 1.29 is 9.59 Å². The van der Waals surface area contributed by atoms with Crippen LogP contribution in [0, 0.1) is 0 Å². The van der Waals surface area contributed by atoms with Crippen molar-refractivity contribution in [2.45, 2.75) is 0 Å². The third kappa shape index (κ3) is 4.42. The Morgan fingerprint density at radius 1 is 0.962 bits per heavy atom. The standard InChI is InChI=1S/C20H22ClN3O2/c1-22(18-5-3-2-4-6-18)19(25)15-23-11-13-24(14-12-23)20(26)16-7-9-17(21)10-8-16/h2-10H,11-15H2,1H3. The fourth-order valence-corrected chi connectivity index (χ4v) is 3.10. The van der Waals surface area contributed by atoms with Gasteiger partial charge >= 0.3 is 0 Å². The summed E-state index contributed by atoms with van der Waals surface area (Å²) < 4.78 is 0. The average molecular weight is 372 g/mol. The molecule has 0 N–H and O–H groups in total. The summed E-state index contributed by atoms with van der Waals surface area (Å²) in [6, 6.07) is 16.5. The van der Waals surface area contributed by atoms with Gasteiger partial charge in [0.1, 0.15) is 0 Å². The molecular formula is C20H22ClN3O2. The number of halogens is 1. The van der Waals surface area contributed by atoms with E-state index in [0.717, 1.165) is 5.69 Å². The van der Waals surface area contributed by atoms with E-state index in [1.165, 1.54) is 0 Å². The molecule has 1 aliphatic rings. The Bertz CT molecular complexity index is 756. The maximum Gasteiger partial charge on any atom is 0.253 e. The molecule has 0 atom stereocenters. The highest BCUT2D eigenvalue weighted by molar-refractivity contribution is 6.30. The van der Waals surface area contributed by atoms with Crippen LogP contribution in [0.25, 0.3) is 0 Å². The molecule has 0 spiro atoms. The van der Waals surface area contributed by atoms with Crippen LogP contribution in [0.15, 0.2) is 54.6 Å². The number of benzene rings is 2. The molecule has 3 rings (SSSR count). The van der Waals surface area contributed by atoms with E-state index in [-0.39, 0.29) is 11.8 Å². The quantitative estimate of drug-likeness (QED) is 0.830. The molecule has 0 radical (unpaired) electrons. The van der Waals surface area contributed by atoms with Gasteiger partial charge in [-0.25, -0.2) is 0 Å². The maximum atomic E-state index is 12.5. The molecule has 2 amide bonds. The summed E-state index contributed by atoms with van der Waals surface area (Å²) in [5.41, 5.74) is 1.52. The second kappa shape index (κ2) is 8.34. The van der Waals surface area contributed by atoms with E-state index in [9.17, 15) is 9.59 Å². The van der Waals surface area contributed by atoms with Gasteiger partial charge in [-0.05, 0) is 36.4 Å². The van der Waals surface area contributed by atoms with Crippen molar-refractivity contribution in [2.75, 3.05) is 44.7 Å². The number of anilines is 1. The summed E-state index contributed by atoms with van der Waals surface area (Å²) in [6.07, 6.45) is 0. The number of carbonyl (C=O) groups is 2. The molecule has 1 saturated heterocycles. The van der Waals surface area contributed by atoms with Gasteiger partial charge in [-0.3, -0.25) is 14.5 Å². The van der Waals surface area contributed by atoms with Gasteiger partial charge < -0.3 is 9.80 Å². The van der Waals surface area contributed by atoms with Crippen molar-refractivity contribution in [3.05, 3.63) is 65.2 Å². The summed E-state index contributed by atoms with van der Waals surface area (Å²) >= 11 is 5.87. The SMILES string of the molecule is CN(C(=O)CN1CCN(C(=O)c2ccc(Cl)cc2)CC1)c1ccccc1. The van der Waals surface area contributed by atoms with Crippen molar-refractivity contribution in [1.29, 1.82) is 0 Å². The number of piperazine rings is 1. The largest absolute Gasteiger partial charge is 0.336 e. The van der Waals surface area contributed by atoms with Crippen LogP contribution in [-0.2, 0) is 4.79 Å². The predicted molar refractivity (Wildman–Crippen MR) is 104 cm³/mol. The third-order valence-electron chi connectivity index (χ3n) is 4.63. The molecule has 0 unspecified atom stereocenters. The Balaban J connectivity index is 1.51. The summed E-state index contributed by atoms with van der Waals surface area (Å²) in [4.78, 5) is 30.6. The normalized spacial score (nSPS) is 14.9. The second-order valence-corrected chi connectivity index (χ2v) is 6.80. The van der Waals surface area contributed by atoms with Crippen LogP contribution in [0.2, 0.25) is 5.02 Å². The minimum Gasteiger partial charge on any atom is -0.336 e. The van der Waals surface area contributed by atoms with Crippen molar-refractivity contribution >= 4 is 29.1 Å². The van der Waals surface area contributed by atoms with Crippen LogP contribution in [0.5, 0.6) is 0 Å². The first-order chi connectivity index (χ1) is 12.5. The van der Waals surface area contributed by atoms with E-state index in [2.05, 4.69) is 4.90 Å². The molecule has 1 heterocycles. The molecule has 5 nitrogen and oxygen atoms in total. The summed E-state index contributed by atoms with van der Waals surface area (Å²) in [6.45, 7) is 2.96. The fourth-order valence-electron chi connectivity index (χ4n) is 2.98. The molecule has 136 valence electrons. The first-order valence-electron chi connectivity index (χ1n) is 8.63. The number of para-hydroxylation sites is 1. The van der Waals surface area contributed by atoms with E-state index in [1.807, 2.05) is 35.2 Å². The number of amides is 2.